The second-order valence-electron chi connectivity index (χ2n) is 7.27. The molecule has 8 nitrogen and oxygen atoms in total. The number of pyridine rings is 1. The fraction of sp³-hybridized carbons (Fsp3) is 0.125. The summed E-state index contributed by atoms with van der Waals surface area (Å²) in [7, 11) is 3.15. The normalized spacial score (nSPS) is 10.7. The van der Waals surface area contributed by atoms with E-state index in [4.69, 9.17) is 14.8 Å². The number of carboxylic acid groups (broad SMARTS) is 1. The monoisotopic (exact) mass is 430 g/mol. The number of fused-ring (bicyclic) bond motifs is 2. The smallest absolute Gasteiger partial charge is 0.409 e. The minimum Gasteiger partial charge on any atom is -0.494 e. The van der Waals surface area contributed by atoms with Crippen molar-refractivity contribution >= 4 is 50.9 Å². The largest absolute Gasteiger partial charge is 0.494 e. The minimum atomic E-state index is -1.14. The lowest BCUT2D eigenvalue weighted by atomic mass is 10.0. The van der Waals surface area contributed by atoms with E-state index in [0.29, 0.717) is 33.7 Å². The third-order valence-corrected chi connectivity index (χ3v) is 5.09. The van der Waals surface area contributed by atoms with E-state index >= 15 is 0 Å². The van der Waals surface area contributed by atoms with Crippen LogP contribution in [0.4, 0.5) is 21.9 Å². The maximum absolute atomic E-state index is 12.5. The molecule has 8 heteroatoms. The van der Waals surface area contributed by atoms with Crippen LogP contribution in [0.5, 0.6) is 5.75 Å². The van der Waals surface area contributed by atoms with Gasteiger partial charge in [-0.15, -0.1) is 0 Å². The van der Waals surface area contributed by atoms with Crippen molar-refractivity contribution in [2.75, 3.05) is 24.8 Å². The lowest BCUT2D eigenvalue weighted by molar-refractivity contribution is 0.0964. The zero-order valence-electron chi connectivity index (χ0n) is 17.8. The molecule has 2 amide bonds. The van der Waals surface area contributed by atoms with Crippen LogP contribution in [0.25, 0.3) is 21.8 Å². The first-order chi connectivity index (χ1) is 15.4. The number of nitrogens with zero attached hydrogens (tertiary/aromatic N) is 1. The number of ether oxygens (including phenoxy) is 1. The highest BCUT2D eigenvalue weighted by Gasteiger charge is 2.17. The number of aryl methyl sites for hydroxylation is 1. The first-order valence-corrected chi connectivity index (χ1v) is 9.91. The van der Waals surface area contributed by atoms with Gasteiger partial charge in [0, 0.05) is 29.2 Å². The van der Waals surface area contributed by atoms with Gasteiger partial charge in [-0.05, 0) is 42.8 Å². The Hall–Kier alpha value is -4.33. The summed E-state index contributed by atoms with van der Waals surface area (Å²) in [5.41, 5.74) is 4.34. The predicted molar refractivity (Wildman–Crippen MR) is 125 cm³/mol. The van der Waals surface area contributed by atoms with Crippen molar-refractivity contribution in [2.45, 2.75) is 6.92 Å². The summed E-state index contributed by atoms with van der Waals surface area (Å²) >= 11 is 0. The van der Waals surface area contributed by atoms with Gasteiger partial charge in [-0.2, -0.15) is 0 Å². The maximum Gasteiger partial charge on any atom is 0.409 e. The Kier molecular flexibility index (Phi) is 5.51. The van der Waals surface area contributed by atoms with Crippen molar-refractivity contribution < 1.29 is 19.4 Å². The summed E-state index contributed by atoms with van der Waals surface area (Å²) in [6, 6.07) is 16.4. The zero-order valence-corrected chi connectivity index (χ0v) is 17.8. The van der Waals surface area contributed by atoms with Gasteiger partial charge < -0.3 is 20.5 Å². The van der Waals surface area contributed by atoms with Crippen LogP contribution in [0.2, 0.25) is 0 Å². The maximum atomic E-state index is 12.5. The number of amides is 2. The lowest BCUT2D eigenvalue weighted by Crippen LogP contribution is -2.18. The number of benzene rings is 3. The topological polar surface area (TPSA) is 113 Å². The number of hydrogen-bond acceptors (Lipinski definition) is 5. The molecule has 1 aromatic heterocycles. The van der Waals surface area contributed by atoms with Gasteiger partial charge in [0.2, 0.25) is 0 Å². The Morgan fingerprint density at radius 3 is 2.34 bits per heavy atom. The summed E-state index contributed by atoms with van der Waals surface area (Å²) < 4.78 is 5.52. The van der Waals surface area contributed by atoms with E-state index < -0.39 is 6.09 Å². The molecule has 0 spiro atoms. The van der Waals surface area contributed by atoms with Crippen LogP contribution in [0, 0.1) is 6.92 Å². The van der Waals surface area contributed by atoms with E-state index in [1.54, 1.807) is 38.4 Å². The predicted octanol–water partition coefficient (Wildman–Crippen LogP) is 4.90. The van der Waals surface area contributed by atoms with Gasteiger partial charge in [-0.3, -0.25) is 10.1 Å². The quantitative estimate of drug-likeness (QED) is 0.335. The van der Waals surface area contributed by atoms with Crippen LogP contribution in [-0.4, -0.2) is 36.2 Å². The summed E-state index contributed by atoms with van der Waals surface area (Å²) in [6.45, 7) is 1.88. The number of carbonyl (C=O) groups excluding carboxylic acids is 1. The highest BCUT2D eigenvalue weighted by atomic mass is 16.5. The molecule has 4 N–H and O–H groups in total. The van der Waals surface area contributed by atoms with E-state index in [0.717, 1.165) is 22.0 Å². The molecule has 0 saturated carbocycles. The van der Waals surface area contributed by atoms with E-state index in [1.807, 2.05) is 37.3 Å². The lowest BCUT2D eigenvalue weighted by Gasteiger charge is -2.17. The van der Waals surface area contributed by atoms with Crippen molar-refractivity contribution in [2.24, 2.45) is 0 Å². The average Bonchev–Trinajstić information content (AvgIpc) is 2.76. The molecule has 0 bridgehead atoms. The fourth-order valence-corrected chi connectivity index (χ4v) is 3.77. The van der Waals surface area contributed by atoms with E-state index in [1.165, 1.54) is 0 Å². The van der Waals surface area contributed by atoms with E-state index in [9.17, 15) is 9.59 Å². The van der Waals surface area contributed by atoms with Gasteiger partial charge in [0.15, 0.2) is 0 Å². The molecule has 4 rings (SSSR count). The number of nitrogens with one attached hydrogen (secondary N) is 3. The van der Waals surface area contributed by atoms with Crippen LogP contribution in [0.3, 0.4) is 0 Å². The first-order valence-electron chi connectivity index (χ1n) is 9.91. The molecule has 0 fully saturated rings. The fourth-order valence-electron chi connectivity index (χ4n) is 3.77. The van der Waals surface area contributed by atoms with E-state index in [-0.39, 0.29) is 5.91 Å². The number of para-hydroxylation sites is 2. The first kappa shape index (κ1) is 20.9. The second-order valence-corrected chi connectivity index (χ2v) is 7.27. The Bertz CT molecular complexity index is 1370. The van der Waals surface area contributed by atoms with Gasteiger partial charge >= 0.3 is 6.09 Å². The molecule has 0 saturated heterocycles. The van der Waals surface area contributed by atoms with Crippen molar-refractivity contribution in [3.05, 3.63) is 65.7 Å². The molecule has 0 aliphatic carbocycles. The number of hydrogen-bond donors (Lipinski definition) is 4. The van der Waals surface area contributed by atoms with Crippen LogP contribution < -0.4 is 20.7 Å². The minimum absolute atomic E-state index is 0.244. The highest BCUT2D eigenvalue weighted by molar-refractivity contribution is 6.15. The molecule has 32 heavy (non-hydrogen) atoms. The van der Waals surface area contributed by atoms with Gasteiger partial charge in [0.25, 0.3) is 5.91 Å². The van der Waals surface area contributed by atoms with Crippen LogP contribution in [0.1, 0.15) is 15.9 Å². The molecular weight excluding hydrogens is 408 g/mol. The van der Waals surface area contributed by atoms with Gasteiger partial charge in [0.05, 0.1) is 23.9 Å². The highest BCUT2D eigenvalue weighted by Crippen LogP contribution is 2.38. The van der Waals surface area contributed by atoms with Gasteiger partial charge in [-0.1, -0.05) is 24.3 Å². The van der Waals surface area contributed by atoms with E-state index in [2.05, 4.69) is 16.0 Å². The third kappa shape index (κ3) is 3.85. The molecule has 0 unspecified atom stereocenters. The zero-order chi connectivity index (χ0) is 22.8. The number of rotatable bonds is 5. The number of methoxy groups -OCH3 is 1. The molecule has 162 valence electrons. The van der Waals surface area contributed by atoms with Crippen molar-refractivity contribution in [3.8, 4) is 5.75 Å². The molecule has 0 atom stereocenters. The molecule has 0 aliphatic rings. The van der Waals surface area contributed by atoms with Gasteiger partial charge in [-0.25, -0.2) is 9.78 Å². The molecular formula is C24H22N4O4. The standard InChI is InChI=1S/C24H22N4O4/c1-13-10-14(12-15(11-13)27-24(30)31)26-20-16-6-4-8-18(23(29)25-2)21(16)28-22-17(20)7-5-9-19(22)32-3/h4-12,27H,1-3H3,(H,25,29)(H,26,28)(H,30,31). The molecule has 1 heterocycles. The van der Waals surface area contributed by atoms with Crippen LogP contribution >= 0.6 is 0 Å². The second kappa shape index (κ2) is 8.43. The van der Waals surface area contributed by atoms with Crippen molar-refractivity contribution in [1.82, 2.24) is 10.3 Å². The summed E-state index contributed by atoms with van der Waals surface area (Å²) in [6.07, 6.45) is -1.14. The van der Waals surface area contributed by atoms with Gasteiger partial charge in [0.1, 0.15) is 11.3 Å². The third-order valence-electron chi connectivity index (χ3n) is 5.09. The summed E-state index contributed by atoms with van der Waals surface area (Å²) in [4.78, 5) is 28.4. The Labute approximate surface area is 184 Å². The Morgan fingerprint density at radius 2 is 1.66 bits per heavy atom. The Morgan fingerprint density at radius 1 is 0.969 bits per heavy atom. The van der Waals surface area contributed by atoms with Crippen LogP contribution in [-0.2, 0) is 0 Å². The van der Waals surface area contributed by atoms with Crippen LogP contribution in [0.15, 0.2) is 54.6 Å². The molecule has 4 aromatic rings. The molecule has 3 aromatic carbocycles. The van der Waals surface area contributed by atoms with Crippen molar-refractivity contribution in [3.63, 3.8) is 0 Å². The number of carbonyl (C=O) groups is 2. The van der Waals surface area contributed by atoms with Crippen molar-refractivity contribution in [1.29, 1.82) is 0 Å². The summed E-state index contributed by atoms with van der Waals surface area (Å²) in [5.74, 6) is 0.337. The average molecular weight is 430 g/mol. The molecule has 0 radical (unpaired) electrons. The molecule has 0 aliphatic heterocycles. The summed E-state index contributed by atoms with van der Waals surface area (Å²) in [5, 5.41) is 19.1. The SMILES string of the molecule is CNC(=O)c1cccc2c(Nc3cc(C)cc(NC(=O)O)c3)c3cccc(OC)c3nc12. The number of anilines is 3. The number of aromatic nitrogens is 1. The Balaban J connectivity index is 2.00.